The summed E-state index contributed by atoms with van der Waals surface area (Å²) in [5.41, 5.74) is 4.51. The highest BCUT2D eigenvalue weighted by Crippen LogP contribution is 2.21. The molecular formula is C26H27N3O4S. The van der Waals surface area contributed by atoms with E-state index in [4.69, 9.17) is 0 Å². The standard InChI is InChI=1S/C26H27N3O4S/c1-18-5-10-23(16-19(18)2)28-34(32,33)24-13-11-22(12-14-24)27-26(31)21-8-6-20(7-9-21)17-29-15-3-4-25(29)30/h5-14,16,28H,3-4,15,17H2,1-2H3,(H,27,31). The summed E-state index contributed by atoms with van der Waals surface area (Å²) < 4.78 is 28.0. The Morgan fingerprint density at radius 3 is 2.21 bits per heavy atom. The lowest BCUT2D eigenvalue weighted by molar-refractivity contribution is -0.128. The number of aryl methyl sites for hydroxylation is 2. The topological polar surface area (TPSA) is 95.6 Å². The molecule has 176 valence electrons. The van der Waals surface area contributed by atoms with Crippen molar-refractivity contribution in [1.29, 1.82) is 0 Å². The van der Waals surface area contributed by atoms with Crippen molar-refractivity contribution in [2.75, 3.05) is 16.6 Å². The molecule has 3 aromatic rings. The van der Waals surface area contributed by atoms with Gasteiger partial charge in [0.25, 0.3) is 15.9 Å². The Labute approximate surface area is 199 Å². The van der Waals surface area contributed by atoms with Crippen molar-refractivity contribution in [3.05, 3.63) is 89.0 Å². The molecule has 34 heavy (non-hydrogen) atoms. The number of rotatable bonds is 7. The molecule has 0 bridgehead atoms. The largest absolute Gasteiger partial charge is 0.338 e. The van der Waals surface area contributed by atoms with Gasteiger partial charge >= 0.3 is 0 Å². The number of carbonyl (C=O) groups excluding carboxylic acids is 2. The average molecular weight is 478 g/mol. The first-order chi connectivity index (χ1) is 16.2. The maximum atomic E-state index is 12.7. The van der Waals surface area contributed by atoms with Crippen LogP contribution in [-0.2, 0) is 21.4 Å². The number of sulfonamides is 1. The van der Waals surface area contributed by atoms with E-state index in [0.717, 1.165) is 29.7 Å². The van der Waals surface area contributed by atoms with Crippen LogP contribution in [0.3, 0.4) is 0 Å². The van der Waals surface area contributed by atoms with E-state index >= 15 is 0 Å². The number of nitrogens with one attached hydrogen (secondary N) is 2. The maximum Gasteiger partial charge on any atom is 0.261 e. The quantitative estimate of drug-likeness (QED) is 0.525. The van der Waals surface area contributed by atoms with Crippen molar-refractivity contribution in [1.82, 2.24) is 4.90 Å². The molecule has 0 saturated carbocycles. The van der Waals surface area contributed by atoms with Crippen molar-refractivity contribution < 1.29 is 18.0 Å². The van der Waals surface area contributed by atoms with Crippen LogP contribution in [0.2, 0.25) is 0 Å². The van der Waals surface area contributed by atoms with Gasteiger partial charge in [-0.25, -0.2) is 8.42 Å². The zero-order valence-corrected chi connectivity index (χ0v) is 20.0. The van der Waals surface area contributed by atoms with Crippen LogP contribution in [0.15, 0.2) is 71.6 Å². The molecule has 8 heteroatoms. The van der Waals surface area contributed by atoms with Crippen LogP contribution >= 0.6 is 0 Å². The number of hydrogen-bond acceptors (Lipinski definition) is 4. The van der Waals surface area contributed by atoms with Crippen LogP contribution in [0.1, 0.15) is 39.9 Å². The number of anilines is 2. The van der Waals surface area contributed by atoms with Crippen molar-refractivity contribution in [3.63, 3.8) is 0 Å². The fraction of sp³-hybridized carbons (Fsp3) is 0.231. The molecule has 0 radical (unpaired) electrons. The van der Waals surface area contributed by atoms with Crippen molar-refractivity contribution >= 4 is 33.2 Å². The molecule has 0 aliphatic carbocycles. The Balaban J connectivity index is 1.38. The highest BCUT2D eigenvalue weighted by molar-refractivity contribution is 7.92. The molecule has 1 aliphatic heterocycles. The van der Waals surface area contributed by atoms with E-state index in [1.165, 1.54) is 12.1 Å². The predicted molar refractivity (Wildman–Crippen MR) is 132 cm³/mol. The van der Waals surface area contributed by atoms with Gasteiger partial charge in [0, 0.05) is 36.4 Å². The molecule has 1 fully saturated rings. The summed E-state index contributed by atoms with van der Waals surface area (Å²) in [5, 5.41) is 2.78. The monoisotopic (exact) mass is 477 g/mol. The Hall–Kier alpha value is -3.65. The predicted octanol–water partition coefficient (Wildman–Crippen LogP) is 4.48. The molecule has 0 spiro atoms. The highest BCUT2D eigenvalue weighted by Gasteiger charge is 2.20. The average Bonchev–Trinajstić information content (AvgIpc) is 3.21. The van der Waals surface area contributed by atoms with Gasteiger partial charge in [-0.1, -0.05) is 18.2 Å². The van der Waals surface area contributed by atoms with Gasteiger partial charge in [0.05, 0.1) is 4.90 Å². The van der Waals surface area contributed by atoms with Crippen LogP contribution in [0.25, 0.3) is 0 Å². The first-order valence-electron chi connectivity index (χ1n) is 11.1. The second-order valence-corrected chi connectivity index (χ2v) is 10.2. The molecule has 1 heterocycles. The molecule has 2 amide bonds. The van der Waals surface area contributed by atoms with E-state index in [1.54, 1.807) is 36.4 Å². The third-order valence-electron chi connectivity index (χ3n) is 5.94. The number of benzene rings is 3. The van der Waals surface area contributed by atoms with Gasteiger partial charge in [-0.2, -0.15) is 0 Å². The molecular weight excluding hydrogens is 450 g/mol. The Morgan fingerprint density at radius 2 is 1.59 bits per heavy atom. The van der Waals surface area contributed by atoms with E-state index in [9.17, 15) is 18.0 Å². The summed E-state index contributed by atoms with van der Waals surface area (Å²) in [6.07, 6.45) is 1.49. The van der Waals surface area contributed by atoms with E-state index in [1.807, 2.05) is 36.9 Å². The Bertz CT molecular complexity index is 1320. The minimum Gasteiger partial charge on any atom is -0.338 e. The lowest BCUT2D eigenvalue weighted by Gasteiger charge is -2.15. The van der Waals surface area contributed by atoms with E-state index in [2.05, 4.69) is 10.0 Å². The van der Waals surface area contributed by atoms with Gasteiger partial charge in [-0.3, -0.25) is 14.3 Å². The van der Waals surface area contributed by atoms with Crippen molar-refractivity contribution in [2.45, 2.75) is 38.1 Å². The summed E-state index contributed by atoms with van der Waals surface area (Å²) in [6, 6.07) is 18.5. The van der Waals surface area contributed by atoms with E-state index < -0.39 is 10.0 Å². The third-order valence-corrected chi connectivity index (χ3v) is 7.34. The lowest BCUT2D eigenvalue weighted by Crippen LogP contribution is -2.23. The molecule has 4 rings (SSSR count). The third kappa shape index (κ3) is 5.46. The summed E-state index contributed by atoms with van der Waals surface area (Å²) in [5.74, 6) is -0.135. The van der Waals surface area contributed by atoms with Crippen molar-refractivity contribution in [3.8, 4) is 0 Å². The van der Waals surface area contributed by atoms with Crippen LogP contribution in [0, 0.1) is 13.8 Å². The van der Waals surface area contributed by atoms with Gasteiger partial charge in [0.1, 0.15) is 0 Å². The first kappa shape index (κ1) is 23.5. The molecule has 1 saturated heterocycles. The van der Waals surface area contributed by atoms with Crippen molar-refractivity contribution in [2.24, 2.45) is 0 Å². The molecule has 0 aromatic heterocycles. The minimum atomic E-state index is -3.75. The SMILES string of the molecule is Cc1ccc(NS(=O)(=O)c2ccc(NC(=O)c3ccc(CN4CCCC4=O)cc3)cc2)cc1C. The maximum absolute atomic E-state index is 12.7. The molecule has 1 aliphatic rings. The summed E-state index contributed by atoms with van der Waals surface area (Å²) in [4.78, 5) is 26.3. The number of amides is 2. The lowest BCUT2D eigenvalue weighted by atomic mass is 10.1. The Morgan fingerprint density at radius 1 is 0.912 bits per heavy atom. The van der Waals surface area contributed by atoms with Crippen LogP contribution < -0.4 is 10.0 Å². The fourth-order valence-corrected chi connectivity index (χ4v) is 4.84. The molecule has 0 unspecified atom stereocenters. The van der Waals surface area contributed by atoms with Crippen LogP contribution in [0.5, 0.6) is 0 Å². The molecule has 2 N–H and O–H groups in total. The van der Waals surface area contributed by atoms with Gasteiger partial charge in [0.15, 0.2) is 0 Å². The second-order valence-electron chi connectivity index (χ2n) is 8.50. The number of carbonyl (C=O) groups is 2. The van der Waals surface area contributed by atoms with Crippen LogP contribution in [-0.4, -0.2) is 31.7 Å². The van der Waals surface area contributed by atoms with E-state index in [0.29, 0.717) is 29.9 Å². The minimum absolute atomic E-state index is 0.101. The van der Waals surface area contributed by atoms with E-state index in [-0.39, 0.29) is 16.7 Å². The fourth-order valence-electron chi connectivity index (χ4n) is 3.79. The number of likely N-dealkylation sites (tertiary alicyclic amines) is 1. The summed E-state index contributed by atoms with van der Waals surface area (Å²) in [6.45, 7) is 5.21. The molecule has 3 aromatic carbocycles. The zero-order valence-electron chi connectivity index (χ0n) is 19.2. The summed E-state index contributed by atoms with van der Waals surface area (Å²) >= 11 is 0. The second kappa shape index (κ2) is 9.69. The smallest absolute Gasteiger partial charge is 0.261 e. The summed E-state index contributed by atoms with van der Waals surface area (Å²) in [7, 11) is -3.75. The normalized spacial score (nSPS) is 13.7. The van der Waals surface area contributed by atoms with Crippen LogP contribution in [0.4, 0.5) is 11.4 Å². The number of nitrogens with zero attached hydrogens (tertiary/aromatic N) is 1. The van der Waals surface area contributed by atoms with Gasteiger partial charge in [-0.15, -0.1) is 0 Å². The van der Waals surface area contributed by atoms with Gasteiger partial charge in [-0.05, 0) is 85.5 Å². The first-order valence-corrected chi connectivity index (χ1v) is 12.6. The number of hydrogen-bond donors (Lipinski definition) is 2. The van der Waals surface area contributed by atoms with Gasteiger partial charge < -0.3 is 10.2 Å². The highest BCUT2D eigenvalue weighted by atomic mass is 32.2. The van der Waals surface area contributed by atoms with Gasteiger partial charge in [0.2, 0.25) is 5.91 Å². The zero-order chi connectivity index (χ0) is 24.3. The molecule has 7 nitrogen and oxygen atoms in total. The molecule has 0 atom stereocenters. The Kier molecular flexibility index (Phi) is 6.70.